The van der Waals surface area contributed by atoms with E-state index in [1.54, 1.807) is 18.2 Å². The van der Waals surface area contributed by atoms with Crippen LogP contribution in [0.15, 0.2) is 57.7 Å². The molecule has 0 aliphatic rings. The first-order valence-electron chi connectivity index (χ1n) is 6.85. The molecular formula is C17H11F3O4. The molecule has 0 unspecified atom stereocenters. The average molecular weight is 336 g/mol. The summed E-state index contributed by atoms with van der Waals surface area (Å²) in [4.78, 5) is 12.5. The predicted molar refractivity (Wildman–Crippen MR) is 80.6 cm³/mol. The summed E-state index contributed by atoms with van der Waals surface area (Å²) in [7, 11) is 1.36. The Labute approximate surface area is 134 Å². The highest BCUT2D eigenvalue weighted by atomic mass is 19.4. The number of hydrogen-bond donors (Lipinski definition) is 0. The van der Waals surface area contributed by atoms with Gasteiger partial charge in [-0.25, -0.2) is 0 Å². The van der Waals surface area contributed by atoms with Crippen LogP contribution in [0.25, 0.3) is 11.0 Å². The summed E-state index contributed by atoms with van der Waals surface area (Å²) in [5.41, 5.74) is -1.14. The van der Waals surface area contributed by atoms with Crippen molar-refractivity contribution in [1.82, 2.24) is 0 Å². The molecule has 1 heterocycles. The van der Waals surface area contributed by atoms with Crippen LogP contribution < -0.4 is 14.9 Å². The Balaban J connectivity index is 2.26. The minimum Gasteiger partial charge on any atom is -0.497 e. The third kappa shape index (κ3) is 2.92. The number of para-hydroxylation sites is 1. The number of benzene rings is 2. The zero-order valence-corrected chi connectivity index (χ0v) is 12.4. The maximum atomic E-state index is 13.3. The molecular weight excluding hydrogens is 325 g/mol. The van der Waals surface area contributed by atoms with E-state index in [-0.39, 0.29) is 22.5 Å². The molecule has 0 spiro atoms. The van der Waals surface area contributed by atoms with Gasteiger partial charge >= 0.3 is 6.18 Å². The molecule has 0 aliphatic carbocycles. The van der Waals surface area contributed by atoms with E-state index >= 15 is 0 Å². The van der Waals surface area contributed by atoms with E-state index in [4.69, 9.17) is 13.9 Å². The van der Waals surface area contributed by atoms with E-state index in [2.05, 4.69) is 0 Å². The van der Waals surface area contributed by atoms with Gasteiger partial charge in [-0.1, -0.05) is 18.2 Å². The lowest BCUT2D eigenvalue weighted by molar-refractivity contribution is -0.154. The third-order valence-corrected chi connectivity index (χ3v) is 3.28. The summed E-state index contributed by atoms with van der Waals surface area (Å²) in [5, 5.41) is -0.0327. The van der Waals surface area contributed by atoms with Crippen molar-refractivity contribution in [2.75, 3.05) is 7.11 Å². The molecule has 0 amide bonds. The standard InChI is InChI=1S/C17H11F3O4/c1-22-11-7-8-12-13(9-11)24-16(17(18,19)20)15(14(12)21)23-10-5-3-2-4-6-10/h2-9H,1H3. The fourth-order valence-corrected chi connectivity index (χ4v) is 2.17. The summed E-state index contributed by atoms with van der Waals surface area (Å²) in [6, 6.07) is 11.7. The van der Waals surface area contributed by atoms with Crippen LogP contribution in [-0.2, 0) is 6.18 Å². The van der Waals surface area contributed by atoms with Crippen molar-refractivity contribution in [2.45, 2.75) is 6.18 Å². The van der Waals surface area contributed by atoms with Crippen molar-refractivity contribution in [2.24, 2.45) is 0 Å². The van der Waals surface area contributed by atoms with Crippen LogP contribution in [0.4, 0.5) is 13.2 Å². The van der Waals surface area contributed by atoms with Gasteiger partial charge in [-0.3, -0.25) is 4.79 Å². The molecule has 0 fully saturated rings. The predicted octanol–water partition coefficient (Wildman–Crippen LogP) is 4.61. The summed E-state index contributed by atoms with van der Waals surface area (Å²) in [5.74, 6) is -2.01. The lowest BCUT2D eigenvalue weighted by Gasteiger charge is -2.13. The van der Waals surface area contributed by atoms with Gasteiger partial charge in [0.25, 0.3) is 5.76 Å². The van der Waals surface area contributed by atoms with Gasteiger partial charge in [0, 0.05) is 6.07 Å². The third-order valence-electron chi connectivity index (χ3n) is 3.28. The van der Waals surface area contributed by atoms with Crippen LogP contribution in [0, 0.1) is 0 Å². The first-order chi connectivity index (χ1) is 11.4. The Morgan fingerprint density at radius 3 is 2.33 bits per heavy atom. The second-order valence-corrected chi connectivity index (χ2v) is 4.86. The largest absolute Gasteiger partial charge is 0.497 e. The molecule has 0 N–H and O–H groups in total. The Hall–Kier alpha value is -2.96. The lowest BCUT2D eigenvalue weighted by atomic mass is 10.2. The van der Waals surface area contributed by atoms with Crippen molar-refractivity contribution in [1.29, 1.82) is 0 Å². The number of alkyl halides is 3. The molecule has 0 radical (unpaired) electrons. The van der Waals surface area contributed by atoms with E-state index in [1.165, 1.54) is 37.4 Å². The molecule has 24 heavy (non-hydrogen) atoms. The maximum absolute atomic E-state index is 13.3. The smallest absolute Gasteiger partial charge is 0.453 e. The number of ether oxygens (including phenoxy) is 2. The van der Waals surface area contributed by atoms with Gasteiger partial charge in [0.15, 0.2) is 0 Å². The first-order valence-corrected chi connectivity index (χ1v) is 6.85. The monoisotopic (exact) mass is 336 g/mol. The van der Waals surface area contributed by atoms with Gasteiger partial charge in [0.05, 0.1) is 12.5 Å². The van der Waals surface area contributed by atoms with E-state index in [1.807, 2.05) is 0 Å². The fraction of sp³-hybridized carbons (Fsp3) is 0.118. The van der Waals surface area contributed by atoms with Crippen molar-refractivity contribution in [3.05, 3.63) is 64.5 Å². The van der Waals surface area contributed by atoms with Crippen molar-refractivity contribution in [3.8, 4) is 17.2 Å². The summed E-state index contributed by atoms with van der Waals surface area (Å²) in [6.07, 6.45) is -4.89. The van der Waals surface area contributed by atoms with E-state index in [9.17, 15) is 18.0 Å². The zero-order valence-electron chi connectivity index (χ0n) is 12.4. The van der Waals surface area contributed by atoms with E-state index in [0.29, 0.717) is 0 Å². The molecule has 0 atom stereocenters. The lowest BCUT2D eigenvalue weighted by Crippen LogP contribution is -2.15. The second-order valence-electron chi connectivity index (χ2n) is 4.86. The van der Waals surface area contributed by atoms with Crippen LogP contribution in [0.3, 0.4) is 0 Å². The van der Waals surface area contributed by atoms with Crippen LogP contribution >= 0.6 is 0 Å². The van der Waals surface area contributed by atoms with Gasteiger partial charge in [-0.05, 0) is 24.3 Å². The molecule has 1 aromatic heterocycles. The minimum atomic E-state index is -4.89. The van der Waals surface area contributed by atoms with Gasteiger partial charge in [-0.2, -0.15) is 13.2 Å². The molecule has 2 aromatic carbocycles. The van der Waals surface area contributed by atoms with Gasteiger partial charge in [-0.15, -0.1) is 0 Å². The van der Waals surface area contributed by atoms with Gasteiger partial charge in [0.2, 0.25) is 11.2 Å². The normalized spacial score (nSPS) is 11.5. The Bertz CT molecular complexity index is 930. The van der Waals surface area contributed by atoms with Gasteiger partial charge in [0.1, 0.15) is 17.1 Å². The van der Waals surface area contributed by atoms with Crippen molar-refractivity contribution < 1.29 is 27.1 Å². The van der Waals surface area contributed by atoms with Crippen LogP contribution in [0.2, 0.25) is 0 Å². The SMILES string of the molecule is COc1ccc2c(=O)c(Oc3ccccc3)c(C(F)(F)F)oc2c1. The van der Waals surface area contributed by atoms with E-state index < -0.39 is 23.1 Å². The number of hydrogen-bond acceptors (Lipinski definition) is 4. The molecule has 4 nitrogen and oxygen atoms in total. The topological polar surface area (TPSA) is 48.7 Å². The Morgan fingerprint density at radius 1 is 1.00 bits per heavy atom. The minimum absolute atomic E-state index is 0.0327. The van der Waals surface area contributed by atoms with Gasteiger partial charge < -0.3 is 13.9 Å². The first kappa shape index (κ1) is 15.9. The fourth-order valence-electron chi connectivity index (χ4n) is 2.17. The molecule has 124 valence electrons. The maximum Gasteiger partial charge on any atom is 0.453 e. The highest BCUT2D eigenvalue weighted by Crippen LogP contribution is 2.38. The summed E-state index contributed by atoms with van der Waals surface area (Å²) in [6.45, 7) is 0. The van der Waals surface area contributed by atoms with Crippen LogP contribution in [-0.4, -0.2) is 7.11 Å². The molecule has 0 saturated heterocycles. The zero-order chi connectivity index (χ0) is 17.3. The molecule has 3 rings (SSSR count). The number of rotatable bonds is 3. The Kier molecular flexibility index (Phi) is 3.92. The molecule has 7 heteroatoms. The molecule has 3 aromatic rings. The highest BCUT2D eigenvalue weighted by molar-refractivity contribution is 5.79. The average Bonchev–Trinajstić information content (AvgIpc) is 2.56. The molecule has 0 bridgehead atoms. The van der Waals surface area contributed by atoms with Crippen LogP contribution in [0.5, 0.6) is 17.2 Å². The molecule has 0 aliphatic heterocycles. The highest BCUT2D eigenvalue weighted by Gasteiger charge is 2.40. The summed E-state index contributed by atoms with van der Waals surface area (Å²) >= 11 is 0. The number of halogens is 3. The second kappa shape index (κ2) is 5.92. The van der Waals surface area contributed by atoms with Crippen molar-refractivity contribution in [3.63, 3.8) is 0 Å². The summed E-state index contributed by atoms with van der Waals surface area (Å²) < 4.78 is 54.9. The van der Waals surface area contributed by atoms with E-state index in [0.717, 1.165) is 0 Å². The van der Waals surface area contributed by atoms with Crippen molar-refractivity contribution >= 4 is 11.0 Å². The quantitative estimate of drug-likeness (QED) is 0.701. The number of fused-ring (bicyclic) bond motifs is 1. The number of methoxy groups -OCH3 is 1. The molecule has 0 saturated carbocycles. The van der Waals surface area contributed by atoms with Crippen LogP contribution in [0.1, 0.15) is 5.76 Å². The Morgan fingerprint density at radius 2 is 1.71 bits per heavy atom.